The monoisotopic (exact) mass is 307 g/mol. The van der Waals surface area contributed by atoms with Crippen LogP contribution in [0, 0.1) is 5.82 Å². The van der Waals surface area contributed by atoms with Crippen LogP contribution in [0.25, 0.3) is 0 Å². The molecule has 0 fully saturated rings. The average molecular weight is 307 g/mol. The number of carbonyl (C=O) groups is 1. The van der Waals surface area contributed by atoms with E-state index in [1.54, 1.807) is 0 Å². The minimum Gasteiger partial charge on any atom is -0.465 e. The normalized spacial score (nSPS) is 13.0. The Morgan fingerprint density at radius 3 is 2.70 bits per heavy atom. The molecule has 3 N–H and O–H groups in total. The fraction of sp³-hybridized carbons (Fsp3) is 0.364. The van der Waals surface area contributed by atoms with Gasteiger partial charge in [0.1, 0.15) is 5.82 Å². The van der Waals surface area contributed by atoms with Gasteiger partial charge >= 0.3 is 5.97 Å². The number of aliphatic hydroxyl groups excluding tert-OH is 2. The highest BCUT2D eigenvalue weighted by molar-refractivity contribution is 7.89. The quantitative estimate of drug-likeness (QED) is 0.596. The van der Waals surface area contributed by atoms with Crippen molar-refractivity contribution in [2.45, 2.75) is 11.0 Å². The Labute approximate surface area is 115 Å². The lowest BCUT2D eigenvalue weighted by atomic mass is 10.2. The summed E-state index contributed by atoms with van der Waals surface area (Å²) in [6.07, 6.45) is -1.31. The van der Waals surface area contributed by atoms with Crippen LogP contribution < -0.4 is 4.72 Å². The molecule has 1 unspecified atom stereocenters. The molecule has 20 heavy (non-hydrogen) atoms. The molecule has 0 aliphatic heterocycles. The zero-order valence-corrected chi connectivity index (χ0v) is 11.4. The predicted octanol–water partition coefficient (Wildman–Crippen LogP) is -0.756. The first-order valence-corrected chi connectivity index (χ1v) is 6.96. The van der Waals surface area contributed by atoms with Crippen LogP contribution in [0.3, 0.4) is 0 Å². The SMILES string of the molecule is COC(=O)c1ccc(F)cc1S(=O)(=O)NCC(O)CO. The molecule has 1 atom stereocenters. The maximum Gasteiger partial charge on any atom is 0.339 e. The first-order chi connectivity index (χ1) is 9.31. The van der Waals surface area contributed by atoms with E-state index in [9.17, 15) is 17.6 Å². The highest BCUT2D eigenvalue weighted by Crippen LogP contribution is 2.18. The van der Waals surface area contributed by atoms with Crippen molar-refractivity contribution in [3.05, 3.63) is 29.6 Å². The van der Waals surface area contributed by atoms with E-state index < -0.39 is 46.0 Å². The van der Waals surface area contributed by atoms with Crippen LogP contribution in [-0.4, -0.2) is 51.0 Å². The Kier molecular flexibility index (Phi) is 5.57. The molecular weight excluding hydrogens is 293 g/mol. The lowest BCUT2D eigenvalue weighted by Gasteiger charge is -2.12. The van der Waals surface area contributed by atoms with E-state index in [-0.39, 0.29) is 5.56 Å². The molecule has 0 spiro atoms. The van der Waals surface area contributed by atoms with Gasteiger partial charge in [0, 0.05) is 6.54 Å². The van der Waals surface area contributed by atoms with Crippen LogP contribution in [-0.2, 0) is 14.8 Å². The molecule has 0 saturated carbocycles. The van der Waals surface area contributed by atoms with Crippen LogP contribution in [0.2, 0.25) is 0 Å². The minimum atomic E-state index is -4.24. The number of nitrogens with one attached hydrogen (secondary N) is 1. The third-order valence-corrected chi connectivity index (χ3v) is 3.82. The van der Waals surface area contributed by atoms with Gasteiger partial charge < -0.3 is 14.9 Å². The molecule has 1 rings (SSSR count). The maximum absolute atomic E-state index is 13.2. The summed E-state index contributed by atoms with van der Waals surface area (Å²) in [5.74, 6) is -1.78. The number of esters is 1. The second kappa shape index (κ2) is 6.75. The Morgan fingerprint density at radius 2 is 2.15 bits per heavy atom. The van der Waals surface area contributed by atoms with E-state index in [1.807, 2.05) is 4.72 Å². The molecule has 7 nitrogen and oxygen atoms in total. The minimum absolute atomic E-state index is 0.333. The van der Waals surface area contributed by atoms with Crippen LogP contribution in [0.4, 0.5) is 4.39 Å². The first-order valence-electron chi connectivity index (χ1n) is 5.48. The molecule has 0 bridgehead atoms. The van der Waals surface area contributed by atoms with Gasteiger partial charge in [-0.15, -0.1) is 0 Å². The molecule has 9 heteroatoms. The van der Waals surface area contributed by atoms with Gasteiger partial charge in [0.05, 0.1) is 30.3 Å². The Hall–Kier alpha value is -1.55. The predicted molar refractivity (Wildman–Crippen MR) is 66.0 cm³/mol. The van der Waals surface area contributed by atoms with Gasteiger partial charge in [0.25, 0.3) is 0 Å². The average Bonchev–Trinajstić information content (AvgIpc) is 2.43. The second-order valence-electron chi connectivity index (χ2n) is 3.82. The Morgan fingerprint density at radius 1 is 1.50 bits per heavy atom. The summed E-state index contributed by atoms with van der Waals surface area (Å²) in [6, 6.07) is 2.58. The largest absolute Gasteiger partial charge is 0.465 e. The molecule has 0 radical (unpaired) electrons. The van der Waals surface area contributed by atoms with E-state index in [2.05, 4.69) is 4.74 Å². The number of halogens is 1. The van der Waals surface area contributed by atoms with Crippen LogP contribution in [0.1, 0.15) is 10.4 Å². The van der Waals surface area contributed by atoms with Crippen LogP contribution >= 0.6 is 0 Å². The summed E-state index contributed by atoms with van der Waals surface area (Å²) in [4.78, 5) is 10.9. The standard InChI is InChI=1S/C11H14FNO6S/c1-19-11(16)9-3-2-7(12)4-10(9)20(17,18)13-5-8(15)6-14/h2-4,8,13-15H,5-6H2,1H3. The highest BCUT2D eigenvalue weighted by Gasteiger charge is 2.24. The van der Waals surface area contributed by atoms with Crippen LogP contribution in [0.5, 0.6) is 0 Å². The number of hydrogen-bond acceptors (Lipinski definition) is 6. The highest BCUT2D eigenvalue weighted by atomic mass is 32.2. The third kappa shape index (κ3) is 3.97. The van der Waals surface area contributed by atoms with Crippen LogP contribution in [0.15, 0.2) is 23.1 Å². The molecular formula is C11H14FNO6S. The molecule has 112 valence electrons. The van der Waals surface area contributed by atoms with E-state index in [0.717, 1.165) is 19.2 Å². The van der Waals surface area contributed by atoms with Crippen molar-refractivity contribution in [2.24, 2.45) is 0 Å². The molecule has 0 aromatic heterocycles. The van der Waals surface area contributed by atoms with Crippen molar-refractivity contribution in [2.75, 3.05) is 20.3 Å². The first kappa shape index (κ1) is 16.5. The molecule has 0 amide bonds. The van der Waals surface area contributed by atoms with Gasteiger partial charge in [0.15, 0.2) is 0 Å². The molecule has 0 heterocycles. The fourth-order valence-electron chi connectivity index (χ4n) is 1.35. The van der Waals surface area contributed by atoms with E-state index in [1.165, 1.54) is 0 Å². The number of sulfonamides is 1. The van der Waals surface area contributed by atoms with Gasteiger partial charge in [-0.05, 0) is 18.2 Å². The number of ether oxygens (including phenoxy) is 1. The molecule has 1 aromatic carbocycles. The number of benzene rings is 1. The Balaban J connectivity index is 3.16. The van der Waals surface area contributed by atoms with Crippen molar-refractivity contribution in [1.82, 2.24) is 4.72 Å². The van der Waals surface area contributed by atoms with Crippen molar-refractivity contribution in [1.29, 1.82) is 0 Å². The molecule has 1 aromatic rings. The number of methoxy groups -OCH3 is 1. The summed E-state index contributed by atoms with van der Waals surface area (Å²) in [7, 11) is -3.18. The van der Waals surface area contributed by atoms with Gasteiger partial charge in [-0.3, -0.25) is 0 Å². The number of aliphatic hydroxyl groups is 2. The summed E-state index contributed by atoms with van der Waals surface area (Å²) in [5, 5.41) is 17.7. The summed E-state index contributed by atoms with van der Waals surface area (Å²) in [6.45, 7) is -1.12. The summed E-state index contributed by atoms with van der Waals surface area (Å²) < 4.78 is 43.5. The van der Waals surface area contributed by atoms with E-state index >= 15 is 0 Å². The van der Waals surface area contributed by atoms with Gasteiger partial charge in [-0.1, -0.05) is 0 Å². The zero-order valence-electron chi connectivity index (χ0n) is 10.5. The van der Waals surface area contributed by atoms with Crippen molar-refractivity contribution in [3.8, 4) is 0 Å². The smallest absolute Gasteiger partial charge is 0.339 e. The van der Waals surface area contributed by atoms with Gasteiger partial charge in [-0.25, -0.2) is 22.3 Å². The van der Waals surface area contributed by atoms with E-state index in [0.29, 0.717) is 6.07 Å². The number of carbonyl (C=O) groups excluding carboxylic acids is 1. The maximum atomic E-state index is 13.2. The van der Waals surface area contributed by atoms with Crippen molar-refractivity contribution in [3.63, 3.8) is 0 Å². The molecule has 0 aliphatic rings. The lowest BCUT2D eigenvalue weighted by molar-refractivity contribution is 0.0596. The number of hydrogen-bond donors (Lipinski definition) is 3. The lowest BCUT2D eigenvalue weighted by Crippen LogP contribution is -2.34. The zero-order chi connectivity index (χ0) is 15.3. The molecule has 0 saturated heterocycles. The second-order valence-corrected chi connectivity index (χ2v) is 5.56. The Bertz CT molecular complexity index is 589. The summed E-state index contributed by atoms with van der Waals surface area (Å²) in [5.41, 5.74) is -0.333. The third-order valence-electron chi connectivity index (χ3n) is 2.36. The van der Waals surface area contributed by atoms with E-state index in [4.69, 9.17) is 10.2 Å². The summed E-state index contributed by atoms with van der Waals surface area (Å²) >= 11 is 0. The van der Waals surface area contributed by atoms with Gasteiger partial charge in [0.2, 0.25) is 10.0 Å². The topological polar surface area (TPSA) is 113 Å². The van der Waals surface area contributed by atoms with Gasteiger partial charge in [-0.2, -0.15) is 0 Å². The fourth-order valence-corrected chi connectivity index (χ4v) is 2.62. The molecule has 0 aliphatic carbocycles. The number of rotatable bonds is 6. The van der Waals surface area contributed by atoms with Crippen molar-refractivity contribution < 1.29 is 32.6 Å². The van der Waals surface area contributed by atoms with Crippen molar-refractivity contribution >= 4 is 16.0 Å².